The van der Waals surface area contributed by atoms with E-state index in [1.807, 2.05) is 24.3 Å². The van der Waals surface area contributed by atoms with Gasteiger partial charge in [0.05, 0.1) is 13.4 Å². The second-order valence-electron chi connectivity index (χ2n) is 5.88. The van der Waals surface area contributed by atoms with E-state index in [9.17, 15) is 5.11 Å². The normalized spacial score (nSPS) is 20.2. The second kappa shape index (κ2) is 6.99. The van der Waals surface area contributed by atoms with Gasteiger partial charge in [-0.25, -0.2) is 0 Å². The summed E-state index contributed by atoms with van der Waals surface area (Å²) in [4.78, 5) is 2.45. The van der Waals surface area contributed by atoms with Gasteiger partial charge in [0.25, 0.3) is 0 Å². The zero-order valence-electron chi connectivity index (χ0n) is 12.9. The number of likely N-dealkylation sites (tertiary alicyclic amines) is 1. The van der Waals surface area contributed by atoms with Crippen LogP contribution in [-0.4, -0.2) is 29.7 Å². The van der Waals surface area contributed by atoms with Crippen LogP contribution in [0.3, 0.4) is 0 Å². The van der Waals surface area contributed by atoms with E-state index in [-0.39, 0.29) is 0 Å². The maximum atomic E-state index is 10.3. The molecule has 0 radical (unpaired) electrons. The van der Waals surface area contributed by atoms with Gasteiger partial charge in [-0.2, -0.15) is 0 Å². The van der Waals surface area contributed by atoms with E-state index in [4.69, 9.17) is 9.15 Å². The van der Waals surface area contributed by atoms with Gasteiger partial charge in [-0.1, -0.05) is 12.1 Å². The molecule has 2 aromatic rings. The lowest BCUT2D eigenvalue weighted by Crippen LogP contribution is -2.30. The number of benzene rings is 1. The molecule has 1 fully saturated rings. The van der Waals surface area contributed by atoms with Crippen molar-refractivity contribution in [3.05, 3.63) is 54.0 Å². The van der Waals surface area contributed by atoms with Crippen molar-refractivity contribution in [3.63, 3.8) is 0 Å². The van der Waals surface area contributed by atoms with Crippen LogP contribution in [0.4, 0.5) is 0 Å². The molecule has 0 saturated carbocycles. The minimum Gasteiger partial charge on any atom is -0.497 e. The molecule has 4 nitrogen and oxygen atoms in total. The molecular weight excluding hydrogens is 278 g/mol. The van der Waals surface area contributed by atoms with E-state index in [1.54, 1.807) is 13.4 Å². The van der Waals surface area contributed by atoms with Crippen LogP contribution in [0.5, 0.6) is 5.75 Å². The molecule has 2 atom stereocenters. The van der Waals surface area contributed by atoms with Crippen LogP contribution in [0.15, 0.2) is 47.1 Å². The average molecular weight is 301 g/mol. The van der Waals surface area contributed by atoms with E-state index >= 15 is 0 Å². The van der Waals surface area contributed by atoms with Crippen LogP contribution < -0.4 is 4.74 Å². The van der Waals surface area contributed by atoms with E-state index < -0.39 is 6.10 Å². The van der Waals surface area contributed by atoms with Crippen LogP contribution in [0, 0.1) is 0 Å². The highest BCUT2D eigenvalue weighted by molar-refractivity contribution is 5.27. The van der Waals surface area contributed by atoms with E-state index in [0.29, 0.717) is 11.8 Å². The smallest absolute Gasteiger partial charge is 0.132 e. The lowest BCUT2D eigenvalue weighted by Gasteiger charge is -2.26. The van der Waals surface area contributed by atoms with Crippen molar-refractivity contribution < 1.29 is 14.3 Å². The largest absolute Gasteiger partial charge is 0.497 e. The van der Waals surface area contributed by atoms with Gasteiger partial charge < -0.3 is 14.3 Å². The van der Waals surface area contributed by atoms with Gasteiger partial charge in [-0.15, -0.1) is 0 Å². The molecule has 1 aromatic heterocycles. The summed E-state index contributed by atoms with van der Waals surface area (Å²) in [5, 5.41) is 10.3. The first-order valence-electron chi connectivity index (χ1n) is 7.84. The van der Waals surface area contributed by atoms with Gasteiger partial charge in [0.15, 0.2) is 0 Å². The minimum absolute atomic E-state index is 0.405. The zero-order chi connectivity index (χ0) is 15.4. The van der Waals surface area contributed by atoms with Gasteiger partial charge in [0.1, 0.15) is 17.6 Å². The van der Waals surface area contributed by atoms with Crippen molar-refractivity contribution in [2.45, 2.75) is 38.0 Å². The summed E-state index contributed by atoms with van der Waals surface area (Å²) in [6.45, 7) is 2.00. The molecular formula is C18H23NO3. The molecule has 0 spiro atoms. The summed E-state index contributed by atoms with van der Waals surface area (Å²) in [5.74, 6) is 1.55. The summed E-state index contributed by atoms with van der Waals surface area (Å²) in [5.41, 5.74) is 1.28. The Balaban J connectivity index is 1.60. The Kier molecular flexibility index (Phi) is 4.80. The summed E-state index contributed by atoms with van der Waals surface area (Å²) >= 11 is 0. The van der Waals surface area contributed by atoms with Crippen LogP contribution >= 0.6 is 0 Å². The molecule has 1 aliphatic rings. The molecule has 2 heterocycles. The number of hydrogen-bond donors (Lipinski definition) is 1. The monoisotopic (exact) mass is 301 g/mol. The van der Waals surface area contributed by atoms with Crippen molar-refractivity contribution in [2.24, 2.45) is 0 Å². The van der Waals surface area contributed by atoms with Crippen LogP contribution in [0.25, 0.3) is 0 Å². The molecule has 0 unspecified atom stereocenters. The number of aliphatic hydroxyl groups is 1. The lowest BCUT2D eigenvalue weighted by molar-refractivity contribution is 0.0995. The number of aliphatic hydroxyl groups excluding tert-OH is 1. The first kappa shape index (κ1) is 15.1. The summed E-state index contributed by atoms with van der Waals surface area (Å²) in [6.07, 6.45) is 4.14. The number of nitrogens with zero attached hydrogens (tertiary/aromatic N) is 1. The third-order valence-corrected chi connectivity index (χ3v) is 4.41. The Labute approximate surface area is 131 Å². The number of ether oxygens (including phenoxy) is 1. The van der Waals surface area contributed by atoms with Crippen LogP contribution in [0.1, 0.15) is 36.7 Å². The van der Waals surface area contributed by atoms with Crippen molar-refractivity contribution in [2.75, 3.05) is 13.7 Å². The first-order chi connectivity index (χ1) is 10.8. The van der Waals surface area contributed by atoms with Crippen molar-refractivity contribution in [1.82, 2.24) is 4.90 Å². The van der Waals surface area contributed by atoms with E-state index in [1.165, 1.54) is 12.0 Å². The number of furan rings is 1. The quantitative estimate of drug-likeness (QED) is 0.888. The van der Waals surface area contributed by atoms with Crippen LogP contribution in [0.2, 0.25) is 0 Å². The maximum absolute atomic E-state index is 10.3. The van der Waals surface area contributed by atoms with Gasteiger partial charge >= 0.3 is 0 Å². The average Bonchev–Trinajstić information content (AvgIpc) is 3.20. The van der Waals surface area contributed by atoms with Gasteiger partial charge in [0.2, 0.25) is 0 Å². The fourth-order valence-electron chi connectivity index (χ4n) is 3.19. The van der Waals surface area contributed by atoms with Crippen molar-refractivity contribution in [1.29, 1.82) is 0 Å². The SMILES string of the molecule is COc1ccc(CN2CCC[C@@H]2C[C@H](O)c2ccco2)cc1. The predicted molar refractivity (Wildman–Crippen MR) is 84.7 cm³/mol. The minimum atomic E-state index is -0.517. The van der Waals surface area contributed by atoms with Crippen LogP contribution in [-0.2, 0) is 6.54 Å². The Morgan fingerprint density at radius 2 is 2.14 bits per heavy atom. The number of hydrogen-bond acceptors (Lipinski definition) is 4. The molecule has 4 heteroatoms. The third kappa shape index (κ3) is 3.51. The summed E-state index contributed by atoms with van der Waals surface area (Å²) < 4.78 is 10.5. The zero-order valence-corrected chi connectivity index (χ0v) is 12.9. The Hall–Kier alpha value is -1.78. The molecule has 0 bridgehead atoms. The standard InChI is InChI=1S/C18H23NO3/c1-21-16-8-6-14(7-9-16)13-19-10-2-4-15(19)12-17(20)18-5-3-11-22-18/h3,5-9,11,15,17,20H,2,4,10,12-13H2,1H3/t15-,17+/m1/s1. The van der Waals surface area contributed by atoms with Gasteiger partial charge in [0, 0.05) is 12.6 Å². The lowest BCUT2D eigenvalue weighted by atomic mass is 10.0. The molecule has 1 N–H and O–H groups in total. The van der Waals surface area contributed by atoms with E-state index in [0.717, 1.165) is 31.7 Å². The highest BCUT2D eigenvalue weighted by Gasteiger charge is 2.27. The first-order valence-corrected chi connectivity index (χ1v) is 7.84. The van der Waals surface area contributed by atoms with Gasteiger partial charge in [-0.3, -0.25) is 4.90 Å². The molecule has 1 aliphatic heterocycles. The Morgan fingerprint density at radius 1 is 1.32 bits per heavy atom. The third-order valence-electron chi connectivity index (χ3n) is 4.41. The Bertz CT molecular complexity index is 565. The highest BCUT2D eigenvalue weighted by Crippen LogP contribution is 2.29. The summed E-state index contributed by atoms with van der Waals surface area (Å²) in [7, 11) is 1.68. The van der Waals surface area contributed by atoms with Crippen molar-refractivity contribution >= 4 is 0 Å². The molecule has 0 amide bonds. The van der Waals surface area contributed by atoms with Gasteiger partial charge in [-0.05, 0) is 55.6 Å². The topological polar surface area (TPSA) is 45.8 Å². The highest BCUT2D eigenvalue weighted by atomic mass is 16.5. The molecule has 1 aromatic carbocycles. The Morgan fingerprint density at radius 3 is 2.82 bits per heavy atom. The summed E-state index contributed by atoms with van der Waals surface area (Å²) in [6, 6.07) is 12.3. The second-order valence-corrected chi connectivity index (χ2v) is 5.88. The number of rotatable bonds is 6. The van der Waals surface area contributed by atoms with Crippen molar-refractivity contribution in [3.8, 4) is 5.75 Å². The fraction of sp³-hybridized carbons (Fsp3) is 0.444. The molecule has 22 heavy (non-hydrogen) atoms. The number of methoxy groups -OCH3 is 1. The predicted octanol–water partition coefficient (Wildman–Crippen LogP) is 3.38. The molecule has 1 saturated heterocycles. The molecule has 0 aliphatic carbocycles. The van der Waals surface area contributed by atoms with E-state index in [2.05, 4.69) is 17.0 Å². The maximum Gasteiger partial charge on any atom is 0.132 e. The molecule has 118 valence electrons. The fourth-order valence-corrected chi connectivity index (χ4v) is 3.19. The molecule has 3 rings (SSSR count).